The van der Waals surface area contributed by atoms with Crippen molar-refractivity contribution in [2.45, 2.75) is 72.8 Å². The number of hydrogen-bond donors (Lipinski definition) is 1. The van der Waals surface area contributed by atoms with Crippen LogP contribution >= 0.6 is 0 Å². The van der Waals surface area contributed by atoms with Crippen LogP contribution in [0.5, 0.6) is 0 Å². The molecule has 1 saturated carbocycles. The van der Waals surface area contributed by atoms with Crippen LogP contribution in [0.25, 0.3) is 0 Å². The number of hydrogen-bond acceptors (Lipinski definition) is 2. The summed E-state index contributed by atoms with van der Waals surface area (Å²) in [6.45, 7) is 17.0. The molecule has 0 aromatic heterocycles. The van der Waals surface area contributed by atoms with Gasteiger partial charge in [-0.3, -0.25) is 4.90 Å². The Morgan fingerprint density at radius 3 is 2.52 bits per heavy atom. The predicted octanol–water partition coefficient (Wildman–Crippen LogP) is 4.16. The molecule has 21 heavy (non-hydrogen) atoms. The lowest BCUT2D eigenvalue weighted by atomic mass is 9.69. The van der Waals surface area contributed by atoms with Gasteiger partial charge in [0, 0.05) is 25.7 Å². The molecule has 0 bridgehead atoms. The van der Waals surface area contributed by atoms with Gasteiger partial charge in [-0.2, -0.15) is 0 Å². The molecule has 4 unspecified atom stereocenters. The molecular formula is C19H38N2. The SMILES string of the molecule is CC(C)CNCC1(CN2CC(C)CC2C)CCCC(C)C1. The third kappa shape index (κ3) is 4.96. The Labute approximate surface area is 133 Å². The largest absolute Gasteiger partial charge is 0.316 e. The fourth-order valence-corrected chi connectivity index (χ4v) is 4.79. The molecule has 0 radical (unpaired) electrons. The first-order chi connectivity index (χ1) is 9.90. The molecule has 1 saturated heterocycles. The summed E-state index contributed by atoms with van der Waals surface area (Å²) in [5, 5.41) is 3.79. The van der Waals surface area contributed by atoms with Gasteiger partial charge in [-0.25, -0.2) is 0 Å². The van der Waals surface area contributed by atoms with Gasteiger partial charge in [-0.15, -0.1) is 0 Å². The lowest BCUT2D eigenvalue weighted by molar-refractivity contribution is 0.0753. The maximum Gasteiger partial charge on any atom is 0.00702 e. The molecule has 1 aliphatic carbocycles. The third-order valence-electron chi connectivity index (χ3n) is 5.69. The molecule has 1 N–H and O–H groups in total. The van der Waals surface area contributed by atoms with E-state index in [1.54, 1.807) is 0 Å². The molecule has 0 aromatic rings. The molecule has 2 heteroatoms. The Morgan fingerprint density at radius 1 is 1.19 bits per heavy atom. The zero-order chi connectivity index (χ0) is 15.5. The van der Waals surface area contributed by atoms with E-state index in [0.29, 0.717) is 5.41 Å². The monoisotopic (exact) mass is 294 g/mol. The first-order valence-corrected chi connectivity index (χ1v) is 9.35. The van der Waals surface area contributed by atoms with Crippen LogP contribution < -0.4 is 5.32 Å². The van der Waals surface area contributed by atoms with Gasteiger partial charge in [0.1, 0.15) is 0 Å². The van der Waals surface area contributed by atoms with E-state index in [1.165, 1.54) is 58.3 Å². The molecule has 2 nitrogen and oxygen atoms in total. The van der Waals surface area contributed by atoms with Gasteiger partial charge in [0.15, 0.2) is 0 Å². The Morgan fingerprint density at radius 2 is 1.95 bits per heavy atom. The van der Waals surface area contributed by atoms with Gasteiger partial charge in [0.25, 0.3) is 0 Å². The number of nitrogens with one attached hydrogen (secondary N) is 1. The van der Waals surface area contributed by atoms with Crippen molar-refractivity contribution >= 4 is 0 Å². The van der Waals surface area contributed by atoms with Crippen molar-refractivity contribution in [2.75, 3.05) is 26.2 Å². The van der Waals surface area contributed by atoms with Gasteiger partial charge in [0.05, 0.1) is 0 Å². The minimum absolute atomic E-state index is 0.533. The highest BCUT2D eigenvalue weighted by Crippen LogP contribution is 2.41. The molecule has 2 rings (SSSR count). The Kier molecular flexibility index (Phi) is 6.14. The van der Waals surface area contributed by atoms with Crippen LogP contribution in [0, 0.1) is 23.2 Å². The van der Waals surface area contributed by atoms with Crippen LogP contribution in [0.3, 0.4) is 0 Å². The number of nitrogens with zero attached hydrogens (tertiary/aromatic N) is 1. The second-order valence-electron chi connectivity index (χ2n) is 8.85. The predicted molar refractivity (Wildman–Crippen MR) is 92.6 cm³/mol. The maximum atomic E-state index is 3.79. The number of likely N-dealkylation sites (tertiary alicyclic amines) is 1. The second-order valence-corrected chi connectivity index (χ2v) is 8.85. The van der Waals surface area contributed by atoms with E-state index in [-0.39, 0.29) is 0 Å². The van der Waals surface area contributed by atoms with Gasteiger partial charge in [-0.1, -0.05) is 40.5 Å². The van der Waals surface area contributed by atoms with E-state index in [9.17, 15) is 0 Å². The first-order valence-electron chi connectivity index (χ1n) is 9.35. The minimum Gasteiger partial charge on any atom is -0.316 e. The summed E-state index contributed by atoms with van der Waals surface area (Å²) in [6, 6.07) is 0.791. The highest BCUT2D eigenvalue weighted by molar-refractivity contribution is 4.93. The fourth-order valence-electron chi connectivity index (χ4n) is 4.79. The highest BCUT2D eigenvalue weighted by atomic mass is 15.2. The highest BCUT2D eigenvalue weighted by Gasteiger charge is 2.39. The minimum atomic E-state index is 0.533. The summed E-state index contributed by atoms with van der Waals surface area (Å²) < 4.78 is 0. The summed E-state index contributed by atoms with van der Waals surface area (Å²) in [5.41, 5.74) is 0.533. The summed E-state index contributed by atoms with van der Waals surface area (Å²) in [4.78, 5) is 2.79. The van der Waals surface area contributed by atoms with E-state index in [2.05, 4.69) is 44.8 Å². The van der Waals surface area contributed by atoms with Crippen LogP contribution in [0.4, 0.5) is 0 Å². The van der Waals surface area contributed by atoms with E-state index in [0.717, 1.165) is 23.8 Å². The Bertz CT molecular complexity index is 315. The van der Waals surface area contributed by atoms with Gasteiger partial charge < -0.3 is 5.32 Å². The van der Waals surface area contributed by atoms with E-state index in [1.807, 2.05) is 0 Å². The van der Waals surface area contributed by atoms with Crippen LogP contribution in [0.2, 0.25) is 0 Å². The quantitative estimate of drug-likeness (QED) is 0.791. The summed E-state index contributed by atoms with van der Waals surface area (Å²) >= 11 is 0. The Balaban J connectivity index is 1.97. The zero-order valence-corrected chi connectivity index (χ0v) is 15.1. The van der Waals surface area contributed by atoms with Crippen LogP contribution in [-0.2, 0) is 0 Å². The van der Waals surface area contributed by atoms with E-state index >= 15 is 0 Å². The topological polar surface area (TPSA) is 15.3 Å². The summed E-state index contributed by atoms with van der Waals surface area (Å²) in [5.74, 6) is 2.56. The zero-order valence-electron chi connectivity index (χ0n) is 15.1. The van der Waals surface area contributed by atoms with Crippen molar-refractivity contribution in [3.63, 3.8) is 0 Å². The summed E-state index contributed by atoms with van der Waals surface area (Å²) in [7, 11) is 0. The van der Waals surface area contributed by atoms with E-state index < -0.39 is 0 Å². The normalized spacial score (nSPS) is 38.3. The molecule has 0 amide bonds. The van der Waals surface area contributed by atoms with Crippen molar-refractivity contribution in [3.05, 3.63) is 0 Å². The van der Waals surface area contributed by atoms with Gasteiger partial charge >= 0.3 is 0 Å². The Hall–Kier alpha value is -0.0800. The van der Waals surface area contributed by atoms with Crippen LogP contribution in [0.1, 0.15) is 66.7 Å². The molecule has 2 fully saturated rings. The van der Waals surface area contributed by atoms with Crippen LogP contribution in [0.15, 0.2) is 0 Å². The van der Waals surface area contributed by atoms with Crippen molar-refractivity contribution < 1.29 is 0 Å². The average molecular weight is 295 g/mol. The molecule has 0 aromatic carbocycles. The maximum absolute atomic E-state index is 3.79. The molecule has 1 heterocycles. The lowest BCUT2D eigenvalue weighted by Crippen LogP contribution is -2.48. The summed E-state index contributed by atoms with van der Waals surface area (Å²) in [6.07, 6.45) is 7.13. The fraction of sp³-hybridized carbons (Fsp3) is 1.00. The molecule has 124 valence electrons. The van der Waals surface area contributed by atoms with Gasteiger partial charge in [-0.05, 0) is 55.9 Å². The molecular weight excluding hydrogens is 256 g/mol. The van der Waals surface area contributed by atoms with Crippen LogP contribution in [-0.4, -0.2) is 37.1 Å². The standard InChI is InChI=1S/C19H38N2/c1-15(2)11-20-13-19(8-6-7-16(3)10-19)14-21-12-17(4)9-18(21)5/h15-18,20H,6-14H2,1-5H3. The molecule has 4 atom stereocenters. The van der Waals surface area contributed by atoms with Gasteiger partial charge in [0.2, 0.25) is 0 Å². The van der Waals surface area contributed by atoms with Crippen molar-refractivity contribution in [1.82, 2.24) is 10.2 Å². The van der Waals surface area contributed by atoms with E-state index in [4.69, 9.17) is 0 Å². The first kappa shape index (κ1) is 17.3. The van der Waals surface area contributed by atoms with Crippen molar-refractivity contribution in [2.24, 2.45) is 23.2 Å². The van der Waals surface area contributed by atoms with Crippen molar-refractivity contribution in [1.29, 1.82) is 0 Å². The lowest BCUT2D eigenvalue weighted by Gasteiger charge is -2.44. The number of rotatable bonds is 6. The third-order valence-corrected chi connectivity index (χ3v) is 5.69. The molecule has 2 aliphatic rings. The second kappa shape index (κ2) is 7.46. The average Bonchev–Trinajstić information content (AvgIpc) is 2.67. The molecule has 1 aliphatic heterocycles. The van der Waals surface area contributed by atoms with Crippen molar-refractivity contribution in [3.8, 4) is 0 Å². The smallest absolute Gasteiger partial charge is 0.00702 e. The molecule has 0 spiro atoms.